The number of thioether (sulfide) groups is 1. The van der Waals surface area contributed by atoms with E-state index >= 15 is 0 Å². The predicted molar refractivity (Wildman–Crippen MR) is 85.6 cm³/mol. The van der Waals surface area contributed by atoms with Gasteiger partial charge in [0.2, 0.25) is 0 Å². The Labute approximate surface area is 129 Å². The number of methoxy groups -OCH3 is 1. The summed E-state index contributed by atoms with van der Waals surface area (Å²) in [6.07, 6.45) is 1.90. The van der Waals surface area contributed by atoms with E-state index in [-0.39, 0.29) is 0 Å². The van der Waals surface area contributed by atoms with E-state index in [0.29, 0.717) is 16.8 Å². The Hall–Kier alpha value is -1.51. The third-order valence-electron chi connectivity index (χ3n) is 2.46. The zero-order valence-corrected chi connectivity index (χ0v) is 13.4. The maximum Gasteiger partial charge on any atom is 0.191 e. The lowest BCUT2D eigenvalue weighted by atomic mass is 10.3. The van der Waals surface area contributed by atoms with E-state index in [9.17, 15) is 0 Å². The van der Waals surface area contributed by atoms with Crippen molar-refractivity contribution in [3.8, 4) is 5.75 Å². The van der Waals surface area contributed by atoms with E-state index < -0.39 is 0 Å². The fourth-order valence-corrected chi connectivity index (χ4v) is 2.33. The number of rotatable bonds is 5. The fourth-order valence-electron chi connectivity index (χ4n) is 1.54. The van der Waals surface area contributed by atoms with E-state index in [4.69, 9.17) is 10.6 Å². The first-order valence-electron chi connectivity index (χ1n) is 5.66. The molecule has 0 unspecified atom stereocenters. The number of nitrogens with two attached hydrogens (primary N) is 1. The van der Waals surface area contributed by atoms with Gasteiger partial charge < -0.3 is 15.5 Å². The number of hydrogen-bond acceptors (Lipinski definition) is 7. The third-order valence-corrected chi connectivity index (χ3v) is 3.66. The first-order chi connectivity index (χ1) is 9.66. The minimum absolute atomic E-state index is 0.552. The van der Waals surface area contributed by atoms with E-state index in [0.717, 1.165) is 15.9 Å². The highest BCUT2D eigenvalue weighted by atomic mass is 79.9. The second kappa shape index (κ2) is 6.78. The van der Waals surface area contributed by atoms with Gasteiger partial charge in [0, 0.05) is 17.8 Å². The molecule has 20 heavy (non-hydrogen) atoms. The van der Waals surface area contributed by atoms with Crippen LogP contribution in [0.25, 0.3) is 0 Å². The van der Waals surface area contributed by atoms with Crippen molar-refractivity contribution in [3.05, 3.63) is 28.7 Å². The lowest BCUT2D eigenvalue weighted by Gasteiger charge is -2.10. The molecule has 0 aliphatic heterocycles. The Morgan fingerprint density at radius 1 is 1.25 bits per heavy atom. The van der Waals surface area contributed by atoms with E-state index in [1.54, 1.807) is 13.2 Å². The van der Waals surface area contributed by atoms with Gasteiger partial charge in [-0.1, -0.05) is 11.8 Å². The summed E-state index contributed by atoms with van der Waals surface area (Å²) in [4.78, 5) is 8.57. The Bertz CT molecular complexity index is 588. The molecule has 0 aliphatic rings. The van der Waals surface area contributed by atoms with Gasteiger partial charge in [0.25, 0.3) is 0 Å². The lowest BCUT2D eigenvalue weighted by molar-refractivity contribution is 0.412. The molecular weight excluding hydrogens is 342 g/mol. The fraction of sp³-hybridized carbons (Fsp3) is 0.167. The van der Waals surface area contributed by atoms with Crippen molar-refractivity contribution in [1.29, 1.82) is 0 Å². The van der Waals surface area contributed by atoms with Crippen LogP contribution in [0.1, 0.15) is 0 Å². The molecule has 0 atom stereocenters. The molecule has 0 spiro atoms. The predicted octanol–water partition coefficient (Wildman–Crippen LogP) is 3.00. The Morgan fingerprint density at radius 3 is 2.65 bits per heavy atom. The maximum absolute atomic E-state index is 5.40. The average Bonchev–Trinajstić information content (AvgIpc) is 2.48. The number of benzene rings is 1. The van der Waals surface area contributed by atoms with Crippen LogP contribution in [0.3, 0.4) is 0 Å². The number of hydrazine groups is 1. The van der Waals surface area contributed by atoms with Crippen molar-refractivity contribution in [3.63, 3.8) is 0 Å². The molecule has 4 N–H and O–H groups in total. The van der Waals surface area contributed by atoms with Gasteiger partial charge in [-0.2, -0.15) is 0 Å². The van der Waals surface area contributed by atoms with Gasteiger partial charge in [-0.3, -0.25) is 0 Å². The molecule has 106 valence electrons. The highest BCUT2D eigenvalue weighted by Crippen LogP contribution is 2.29. The Kier molecular flexibility index (Phi) is 5.05. The molecule has 0 fully saturated rings. The second-order valence-electron chi connectivity index (χ2n) is 3.74. The highest BCUT2D eigenvalue weighted by molar-refractivity contribution is 9.10. The Morgan fingerprint density at radius 2 is 2.00 bits per heavy atom. The number of nitrogen functional groups attached to an aromatic ring is 1. The molecule has 0 bridgehead atoms. The maximum atomic E-state index is 5.40. The SMILES string of the molecule is COc1cc(Nc2cc(NN)nc(SC)n2)ccc1Br. The van der Waals surface area contributed by atoms with Crippen molar-refractivity contribution in [1.82, 2.24) is 9.97 Å². The minimum Gasteiger partial charge on any atom is -0.495 e. The summed E-state index contributed by atoms with van der Waals surface area (Å²) in [6, 6.07) is 7.43. The largest absolute Gasteiger partial charge is 0.495 e. The number of nitrogens with one attached hydrogen (secondary N) is 2. The summed E-state index contributed by atoms with van der Waals surface area (Å²) >= 11 is 4.86. The zero-order chi connectivity index (χ0) is 14.5. The molecule has 8 heteroatoms. The van der Waals surface area contributed by atoms with Crippen LogP contribution in [0.2, 0.25) is 0 Å². The zero-order valence-electron chi connectivity index (χ0n) is 11.0. The lowest BCUT2D eigenvalue weighted by Crippen LogP contribution is -2.10. The average molecular weight is 356 g/mol. The molecule has 2 rings (SSSR count). The van der Waals surface area contributed by atoms with Gasteiger partial charge in [0.1, 0.15) is 17.4 Å². The van der Waals surface area contributed by atoms with Gasteiger partial charge in [0.15, 0.2) is 5.16 Å². The molecule has 0 saturated carbocycles. The summed E-state index contributed by atoms with van der Waals surface area (Å²) in [6.45, 7) is 0. The highest BCUT2D eigenvalue weighted by Gasteiger charge is 2.06. The first-order valence-corrected chi connectivity index (χ1v) is 7.68. The summed E-state index contributed by atoms with van der Waals surface area (Å²) < 4.78 is 6.15. The smallest absolute Gasteiger partial charge is 0.191 e. The molecule has 1 aromatic heterocycles. The molecule has 6 nitrogen and oxygen atoms in total. The van der Waals surface area contributed by atoms with Crippen LogP contribution in [0.4, 0.5) is 17.3 Å². The van der Waals surface area contributed by atoms with Gasteiger partial charge in [0.05, 0.1) is 11.6 Å². The van der Waals surface area contributed by atoms with Gasteiger partial charge in [-0.15, -0.1) is 0 Å². The van der Waals surface area contributed by atoms with Crippen LogP contribution >= 0.6 is 27.7 Å². The molecule has 2 aromatic rings. The molecule has 0 radical (unpaired) electrons. The summed E-state index contributed by atoms with van der Waals surface area (Å²) in [7, 11) is 1.62. The van der Waals surface area contributed by atoms with Crippen molar-refractivity contribution in [2.45, 2.75) is 5.16 Å². The third kappa shape index (κ3) is 3.53. The number of anilines is 3. The van der Waals surface area contributed by atoms with Crippen LogP contribution in [0.15, 0.2) is 33.9 Å². The Balaban J connectivity index is 2.29. The number of aromatic nitrogens is 2. The first kappa shape index (κ1) is 14.9. The summed E-state index contributed by atoms with van der Waals surface area (Å²) in [5, 5.41) is 3.83. The van der Waals surface area contributed by atoms with Crippen LogP contribution in [0.5, 0.6) is 5.75 Å². The summed E-state index contributed by atoms with van der Waals surface area (Å²) in [5.41, 5.74) is 3.38. The topological polar surface area (TPSA) is 85.1 Å². The van der Waals surface area contributed by atoms with Gasteiger partial charge >= 0.3 is 0 Å². The van der Waals surface area contributed by atoms with Gasteiger partial charge in [-0.25, -0.2) is 15.8 Å². The van der Waals surface area contributed by atoms with E-state index in [2.05, 4.69) is 36.6 Å². The van der Waals surface area contributed by atoms with Crippen molar-refractivity contribution >= 4 is 45.0 Å². The number of hydrogen-bond donors (Lipinski definition) is 3. The monoisotopic (exact) mass is 355 g/mol. The molecule has 1 aromatic carbocycles. The minimum atomic E-state index is 0.552. The molecule has 1 heterocycles. The van der Waals surface area contributed by atoms with Crippen molar-refractivity contribution in [2.75, 3.05) is 24.1 Å². The van der Waals surface area contributed by atoms with Crippen LogP contribution in [-0.4, -0.2) is 23.3 Å². The van der Waals surface area contributed by atoms with Crippen LogP contribution in [0, 0.1) is 0 Å². The normalized spacial score (nSPS) is 10.2. The van der Waals surface area contributed by atoms with Crippen molar-refractivity contribution < 1.29 is 4.74 Å². The molecular formula is C12H14BrN5OS. The van der Waals surface area contributed by atoms with Crippen LogP contribution in [-0.2, 0) is 0 Å². The molecule has 0 aliphatic carbocycles. The summed E-state index contributed by atoms with van der Waals surface area (Å²) in [5.74, 6) is 7.35. The number of halogens is 1. The van der Waals surface area contributed by atoms with Crippen molar-refractivity contribution in [2.24, 2.45) is 5.84 Å². The molecule has 0 saturated heterocycles. The van der Waals surface area contributed by atoms with E-state index in [1.165, 1.54) is 11.8 Å². The van der Waals surface area contributed by atoms with Gasteiger partial charge in [-0.05, 0) is 34.3 Å². The second-order valence-corrected chi connectivity index (χ2v) is 5.37. The van der Waals surface area contributed by atoms with E-state index in [1.807, 2.05) is 24.5 Å². The quantitative estimate of drug-likeness (QED) is 0.329. The van der Waals surface area contributed by atoms with Crippen LogP contribution < -0.4 is 21.3 Å². The number of ether oxygens (including phenoxy) is 1. The molecule has 0 amide bonds. The number of nitrogens with zero attached hydrogens (tertiary/aromatic N) is 2. The standard InChI is InChI=1S/C12H14BrN5OS/c1-19-9-5-7(3-4-8(9)13)15-10-6-11(18-14)17-12(16-10)20-2/h3-6H,14H2,1-2H3,(H2,15,16,17,18).